The highest BCUT2D eigenvalue weighted by molar-refractivity contribution is 7.66. The molecule has 3 heterocycles. The molecule has 1 fully saturated rings. The quantitative estimate of drug-likeness (QED) is 0.206. The van der Waals surface area contributed by atoms with Crippen LogP contribution in [-0.2, 0) is 31.6 Å². The Labute approximate surface area is 184 Å². The second-order valence-electron chi connectivity index (χ2n) is 7.00. The second-order valence-corrected chi connectivity index (χ2v) is 11.4. The summed E-state index contributed by atoms with van der Waals surface area (Å²) in [7, 11) is -16.8. The number of aliphatic hydroxyl groups is 2. The first-order chi connectivity index (χ1) is 15.0. The number of aromatic amines is 1. The number of phosphoric acid groups is 3. The number of aryl methyl sites for hydroxylation is 2. The molecule has 0 aromatic carbocycles. The van der Waals surface area contributed by atoms with Gasteiger partial charge in [-0.1, -0.05) is 0 Å². The standard InChI is InChI=1S/C13H20N3O14P3/c1-5-6(2)14-11-7(5)3-16(13(19)15-11)12-10(18)9(17)8(28-12)4-27-32(23,24)30-33(25,26)29-31(20,21)22/h3,8-10,12,17-18H,4H2,1-2H3,(H,23,24)(H,25,26)(H,14,15,19)(H2,20,21,22)/t8-,9?,10+,12-/m1/s1. The Kier molecular flexibility index (Phi) is 7.22. The molecule has 1 aliphatic heterocycles. The molecule has 17 nitrogen and oxygen atoms in total. The van der Waals surface area contributed by atoms with Crippen LogP contribution in [0.3, 0.4) is 0 Å². The van der Waals surface area contributed by atoms with Crippen LogP contribution < -0.4 is 5.69 Å². The zero-order chi connectivity index (χ0) is 24.9. The number of hydrogen-bond acceptors (Lipinski definition) is 11. The van der Waals surface area contributed by atoms with Crippen LogP contribution in [0.15, 0.2) is 11.0 Å². The predicted octanol–water partition coefficient (Wildman–Crippen LogP) is -0.696. The van der Waals surface area contributed by atoms with Crippen LogP contribution >= 0.6 is 23.5 Å². The van der Waals surface area contributed by atoms with Crippen molar-refractivity contribution >= 4 is 34.5 Å². The zero-order valence-electron chi connectivity index (χ0n) is 16.8. The van der Waals surface area contributed by atoms with E-state index in [4.69, 9.17) is 19.4 Å². The molecule has 33 heavy (non-hydrogen) atoms. The molecule has 1 saturated heterocycles. The number of fused-ring (bicyclic) bond motifs is 1. The van der Waals surface area contributed by atoms with Crippen molar-refractivity contribution in [3.8, 4) is 0 Å². The van der Waals surface area contributed by atoms with Gasteiger partial charge in [0.05, 0.1) is 6.61 Å². The Hall–Kier alpha value is -1.29. The molecule has 0 saturated carbocycles. The number of hydrogen-bond donors (Lipinski definition) is 7. The summed E-state index contributed by atoms with van der Waals surface area (Å²) in [6, 6.07) is 0. The van der Waals surface area contributed by atoms with Crippen molar-refractivity contribution in [2.75, 3.05) is 6.61 Å². The van der Waals surface area contributed by atoms with Crippen molar-refractivity contribution in [1.29, 1.82) is 0 Å². The van der Waals surface area contributed by atoms with Crippen molar-refractivity contribution in [1.82, 2.24) is 14.5 Å². The van der Waals surface area contributed by atoms with Gasteiger partial charge >= 0.3 is 29.2 Å². The molecule has 2 aromatic rings. The lowest BCUT2D eigenvalue weighted by Gasteiger charge is -2.19. The molecule has 0 amide bonds. The van der Waals surface area contributed by atoms with Crippen LogP contribution in [0.25, 0.3) is 11.0 Å². The monoisotopic (exact) mass is 535 g/mol. The van der Waals surface area contributed by atoms with Crippen LogP contribution in [0.5, 0.6) is 0 Å². The van der Waals surface area contributed by atoms with Gasteiger partial charge in [0.25, 0.3) is 0 Å². The van der Waals surface area contributed by atoms with Gasteiger partial charge < -0.3 is 39.5 Å². The SMILES string of the molecule is Cc1[nH]c2nc(=O)n([C@@H]3O[C@H](COP(=O)(O)OP(=O)(O)OP(=O)(O)O)C(O)[C@@H]3O)cc2c1C. The Morgan fingerprint density at radius 1 is 1.09 bits per heavy atom. The maximum absolute atomic E-state index is 12.4. The third kappa shape index (κ3) is 6.05. The van der Waals surface area contributed by atoms with Crippen LogP contribution in [0.4, 0.5) is 0 Å². The Bertz CT molecular complexity index is 1250. The van der Waals surface area contributed by atoms with E-state index in [-0.39, 0.29) is 0 Å². The summed E-state index contributed by atoms with van der Waals surface area (Å²) in [5, 5.41) is 21.0. The number of nitrogens with one attached hydrogen (secondary N) is 1. The van der Waals surface area contributed by atoms with E-state index in [0.717, 1.165) is 15.8 Å². The van der Waals surface area contributed by atoms with Crippen LogP contribution in [0.2, 0.25) is 0 Å². The van der Waals surface area contributed by atoms with Gasteiger partial charge in [0.1, 0.15) is 24.0 Å². The molecule has 6 atom stereocenters. The molecule has 20 heteroatoms. The van der Waals surface area contributed by atoms with Gasteiger partial charge in [-0.15, -0.1) is 0 Å². The highest BCUT2D eigenvalue weighted by Gasteiger charge is 2.46. The minimum atomic E-state index is -5.73. The fourth-order valence-electron chi connectivity index (χ4n) is 3.06. The fraction of sp³-hybridized carbons (Fsp3) is 0.538. The first-order valence-corrected chi connectivity index (χ1v) is 13.4. The number of phosphoric ester groups is 1. The molecule has 3 rings (SSSR count). The lowest BCUT2D eigenvalue weighted by atomic mass is 10.1. The van der Waals surface area contributed by atoms with E-state index < -0.39 is 60.3 Å². The van der Waals surface area contributed by atoms with Crippen molar-refractivity contribution < 1.29 is 61.4 Å². The van der Waals surface area contributed by atoms with Crippen molar-refractivity contribution in [2.24, 2.45) is 0 Å². The first-order valence-electron chi connectivity index (χ1n) is 8.88. The fourth-order valence-corrected chi connectivity index (χ4v) is 6.09. The predicted molar refractivity (Wildman–Crippen MR) is 106 cm³/mol. The maximum Gasteiger partial charge on any atom is 0.490 e. The van der Waals surface area contributed by atoms with E-state index in [0.29, 0.717) is 11.0 Å². The maximum atomic E-state index is 12.4. The van der Waals surface area contributed by atoms with Crippen molar-refractivity contribution in [3.63, 3.8) is 0 Å². The van der Waals surface area contributed by atoms with Gasteiger partial charge in [0.2, 0.25) is 0 Å². The van der Waals surface area contributed by atoms with E-state index in [1.54, 1.807) is 13.8 Å². The Morgan fingerprint density at radius 3 is 2.33 bits per heavy atom. The zero-order valence-corrected chi connectivity index (χ0v) is 19.5. The molecular formula is C13H20N3O14P3. The average molecular weight is 535 g/mol. The minimum absolute atomic E-state index is 0.295. The molecule has 186 valence electrons. The number of rotatable bonds is 8. The van der Waals surface area contributed by atoms with Gasteiger partial charge in [-0.05, 0) is 19.4 Å². The number of nitrogens with zero attached hydrogens (tertiary/aromatic N) is 2. The topological polar surface area (TPSA) is 260 Å². The van der Waals surface area contributed by atoms with E-state index in [1.807, 2.05) is 0 Å². The number of aliphatic hydroxyl groups excluding tert-OH is 2. The molecule has 7 N–H and O–H groups in total. The van der Waals surface area contributed by atoms with Gasteiger partial charge in [-0.25, -0.2) is 18.5 Å². The Balaban J connectivity index is 1.74. The first kappa shape index (κ1) is 26.3. The summed E-state index contributed by atoms with van der Waals surface area (Å²) < 4.78 is 51.6. The number of ether oxygens (including phenoxy) is 1. The lowest BCUT2D eigenvalue weighted by Crippen LogP contribution is -2.36. The largest absolute Gasteiger partial charge is 0.490 e. The van der Waals surface area contributed by atoms with Gasteiger partial charge in [-0.3, -0.25) is 9.09 Å². The second kappa shape index (κ2) is 9.06. The third-order valence-electron chi connectivity index (χ3n) is 4.65. The third-order valence-corrected chi connectivity index (χ3v) is 8.46. The highest BCUT2D eigenvalue weighted by Crippen LogP contribution is 2.66. The molecule has 2 aromatic heterocycles. The van der Waals surface area contributed by atoms with Crippen LogP contribution in [0, 0.1) is 13.8 Å². The van der Waals surface area contributed by atoms with Gasteiger partial charge in [-0.2, -0.15) is 13.6 Å². The number of H-pyrrole nitrogens is 1. The molecule has 0 radical (unpaired) electrons. The van der Waals surface area contributed by atoms with Crippen LogP contribution in [0.1, 0.15) is 17.5 Å². The lowest BCUT2D eigenvalue weighted by molar-refractivity contribution is -0.0539. The molecule has 0 aliphatic carbocycles. The van der Waals surface area contributed by atoms with Gasteiger partial charge in [0.15, 0.2) is 6.23 Å². The summed E-state index contributed by atoms with van der Waals surface area (Å²) in [6.45, 7) is 2.51. The summed E-state index contributed by atoms with van der Waals surface area (Å²) in [5.74, 6) is 0. The minimum Gasteiger partial charge on any atom is -0.387 e. The molecule has 1 aliphatic rings. The van der Waals surface area contributed by atoms with E-state index >= 15 is 0 Å². The van der Waals surface area contributed by atoms with E-state index in [2.05, 4.69) is 23.1 Å². The van der Waals surface area contributed by atoms with E-state index in [1.165, 1.54) is 6.20 Å². The van der Waals surface area contributed by atoms with Gasteiger partial charge in [0, 0.05) is 17.3 Å². The summed E-state index contributed by atoms with van der Waals surface area (Å²) >= 11 is 0. The van der Waals surface area contributed by atoms with Crippen molar-refractivity contribution in [2.45, 2.75) is 38.4 Å². The van der Waals surface area contributed by atoms with Crippen LogP contribution in [-0.4, -0.2) is 69.2 Å². The molecular weight excluding hydrogens is 515 g/mol. The molecule has 0 spiro atoms. The average Bonchev–Trinajstić information content (AvgIpc) is 3.06. The van der Waals surface area contributed by atoms with E-state index in [9.17, 15) is 33.6 Å². The smallest absolute Gasteiger partial charge is 0.387 e. The van der Waals surface area contributed by atoms with Crippen molar-refractivity contribution in [3.05, 3.63) is 27.9 Å². The summed E-state index contributed by atoms with van der Waals surface area (Å²) in [4.78, 5) is 54.8. The Morgan fingerprint density at radius 2 is 1.73 bits per heavy atom. The highest BCUT2D eigenvalue weighted by atomic mass is 31.3. The summed E-state index contributed by atoms with van der Waals surface area (Å²) in [5.41, 5.74) is 0.969. The molecule has 3 unspecified atom stereocenters. The summed E-state index contributed by atoms with van der Waals surface area (Å²) in [6.07, 6.45) is -5.13. The normalized spacial score (nSPS) is 27.5. The number of aromatic nitrogens is 3. The molecule has 0 bridgehead atoms.